The molecule has 0 saturated heterocycles. The van der Waals surface area contributed by atoms with Crippen molar-refractivity contribution in [2.75, 3.05) is 16.8 Å². The highest BCUT2D eigenvalue weighted by atomic mass is 35.5. The minimum absolute atomic E-state index is 0.0190. The normalized spacial score (nSPS) is 16.2. The van der Waals surface area contributed by atoms with E-state index in [-0.39, 0.29) is 11.4 Å². The van der Waals surface area contributed by atoms with Gasteiger partial charge < -0.3 is 10.2 Å². The second-order valence-electron chi connectivity index (χ2n) is 5.28. The van der Waals surface area contributed by atoms with Crippen molar-refractivity contribution in [1.29, 1.82) is 0 Å². The Morgan fingerprint density at radius 3 is 2.71 bits per heavy atom. The Morgan fingerprint density at radius 1 is 1.35 bits per heavy atom. The second-order valence-corrected chi connectivity index (χ2v) is 5.72. The maximum Gasteiger partial charge on any atom is 0.226 e. The average Bonchev–Trinajstić information content (AvgIpc) is 2.34. The van der Waals surface area contributed by atoms with Crippen LogP contribution >= 0.6 is 11.6 Å². The lowest BCUT2D eigenvalue weighted by molar-refractivity contribution is -0.116. The van der Waals surface area contributed by atoms with Crippen molar-refractivity contribution in [2.45, 2.75) is 32.7 Å². The zero-order valence-corrected chi connectivity index (χ0v) is 11.1. The van der Waals surface area contributed by atoms with E-state index in [0.717, 1.165) is 17.9 Å². The molecule has 0 unspecified atom stereocenters. The Morgan fingerprint density at radius 2 is 2.06 bits per heavy atom. The molecule has 4 heteroatoms. The molecule has 17 heavy (non-hydrogen) atoms. The number of anilines is 2. The summed E-state index contributed by atoms with van der Waals surface area (Å²) in [6.45, 7) is 7.15. The number of hydrogen-bond donors (Lipinski definition) is 1. The standard InChI is InChI=1S/C13H17ClN2O/c1-13(2,3)16-7-6-12(17)15-10-8-9(14)4-5-11(10)16/h4-5,8H,6-7H2,1-3H3,(H,15,17). The molecule has 1 amide bonds. The molecule has 3 nitrogen and oxygen atoms in total. The predicted molar refractivity (Wildman–Crippen MR) is 71.8 cm³/mol. The van der Waals surface area contributed by atoms with Crippen LogP contribution in [0.3, 0.4) is 0 Å². The molecule has 1 aromatic carbocycles. The largest absolute Gasteiger partial charge is 0.364 e. The third-order valence-corrected chi connectivity index (χ3v) is 3.13. The fraction of sp³-hybridized carbons (Fsp3) is 0.462. The van der Waals surface area contributed by atoms with Gasteiger partial charge in [0.1, 0.15) is 0 Å². The highest BCUT2D eigenvalue weighted by molar-refractivity contribution is 6.31. The van der Waals surface area contributed by atoms with Crippen LogP contribution in [0.1, 0.15) is 27.2 Å². The third-order valence-electron chi connectivity index (χ3n) is 2.90. The summed E-state index contributed by atoms with van der Waals surface area (Å²) in [6, 6.07) is 5.63. The summed E-state index contributed by atoms with van der Waals surface area (Å²) in [6.07, 6.45) is 0.504. The van der Waals surface area contributed by atoms with Crippen molar-refractivity contribution in [3.63, 3.8) is 0 Å². The van der Waals surface area contributed by atoms with Gasteiger partial charge in [-0.25, -0.2) is 0 Å². The molecule has 0 aliphatic carbocycles. The number of nitrogens with one attached hydrogen (secondary N) is 1. The molecule has 0 spiro atoms. The Balaban J connectivity index is 2.50. The molecule has 0 saturated carbocycles. The van der Waals surface area contributed by atoms with Gasteiger partial charge in [0, 0.05) is 23.5 Å². The SMILES string of the molecule is CC(C)(C)N1CCC(=O)Nc2cc(Cl)ccc21. The van der Waals surface area contributed by atoms with Gasteiger partial charge in [-0.05, 0) is 39.0 Å². The van der Waals surface area contributed by atoms with Gasteiger partial charge in [0.05, 0.1) is 11.4 Å². The maximum atomic E-state index is 11.6. The van der Waals surface area contributed by atoms with Gasteiger partial charge in [-0.2, -0.15) is 0 Å². The number of carbonyl (C=O) groups is 1. The van der Waals surface area contributed by atoms with E-state index in [0.29, 0.717) is 11.4 Å². The highest BCUT2D eigenvalue weighted by Gasteiger charge is 2.27. The van der Waals surface area contributed by atoms with E-state index in [1.54, 1.807) is 6.07 Å². The van der Waals surface area contributed by atoms with Crippen molar-refractivity contribution in [1.82, 2.24) is 0 Å². The van der Waals surface area contributed by atoms with Crippen molar-refractivity contribution >= 4 is 28.9 Å². The number of nitrogens with zero attached hydrogens (tertiary/aromatic N) is 1. The monoisotopic (exact) mass is 252 g/mol. The lowest BCUT2D eigenvalue weighted by Crippen LogP contribution is -2.42. The molecule has 2 rings (SSSR count). The van der Waals surface area contributed by atoms with Crippen molar-refractivity contribution < 1.29 is 4.79 Å². The molecule has 1 N–H and O–H groups in total. The number of rotatable bonds is 0. The van der Waals surface area contributed by atoms with Crippen LogP contribution in [-0.2, 0) is 4.79 Å². The van der Waals surface area contributed by atoms with Gasteiger partial charge in [-0.1, -0.05) is 11.6 Å². The first-order valence-electron chi connectivity index (χ1n) is 5.75. The van der Waals surface area contributed by atoms with Gasteiger partial charge in [0.2, 0.25) is 5.91 Å². The van der Waals surface area contributed by atoms with E-state index >= 15 is 0 Å². The van der Waals surface area contributed by atoms with Crippen LogP contribution in [-0.4, -0.2) is 18.0 Å². The van der Waals surface area contributed by atoms with E-state index in [9.17, 15) is 4.79 Å². The molecular weight excluding hydrogens is 236 g/mol. The first kappa shape index (κ1) is 12.2. The first-order chi connectivity index (χ1) is 7.88. The van der Waals surface area contributed by atoms with Gasteiger partial charge in [0.25, 0.3) is 0 Å². The highest BCUT2D eigenvalue weighted by Crippen LogP contribution is 2.35. The van der Waals surface area contributed by atoms with Crippen LogP contribution < -0.4 is 10.2 Å². The average molecular weight is 253 g/mol. The molecule has 0 radical (unpaired) electrons. The van der Waals surface area contributed by atoms with Crippen LogP contribution in [0.2, 0.25) is 5.02 Å². The second kappa shape index (κ2) is 4.22. The summed E-state index contributed by atoms with van der Waals surface area (Å²) in [4.78, 5) is 13.9. The molecule has 0 fully saturated rings. The molecule has 92 valence electrons. The lowest BCUT2D eigenvalue weighted by Gasteiger charge is -2.37. The summed E-state index contributed by atoms with van der Waals surface area (Å²) in [7, 11) is 0. The lowest BCUT2D eigenvalue weighted by atomic mass is 10.0. The number of halogens is 1. The number of fused-ring (bicyclic) bond motifs is 1. The number of benzene rings is 1. The van der Waals surface area contributed by atoms with Crippen molar-refractivity contribution in [3.8, 4) is 0 Å². The van der Waals surface area contributed by atoms with Crippen LogP contribution in [0.25, 0.3) is 0 Å². The summed E-state index contributed by atoms with van der Waals surface area (Å²) < 4.78 is 0. The molecule has 1 aliphatic heterocycles. The van der Waals surface area contributed by atoms with E-state index in [1.807, 2.05) is 12.1 Å². The van der Waals surface area contributed by atoms with Gasteiger partial charge in [-0.3, -0.25) is 4.79 Å². The quantitative estimate of drug-likeness (QED) is 0.769. The molecule has 0 bridgehead atoms. The van der Waals surface area contributed by atoms with E-state index < -0.39 is 0 Å². The van der Waals surface area contributed by atoms with E-state index in [1.165, 1.54) is 0 Å². The van der Waals surface area contributed by atoms with E-state index in [4.69, 9.17) is 11.6 Å². The number of hydrogen-bond acceptors (Lipinski definition) is 2. The Labute approximate surface area is 107 Å². The minimum Gasteiger partial charge on any atom is -0.364 e. The molecular formula is C13H17ClN2O. The summed E-state index contributed by atoms with van der Waals surface area (Å²) in [5.41, 5.74) is 1.82. The van der Waals surface area contributed by atoms with Crippen molar-refractivity contribution in [3.05, 3.63) is 23.2 Å². The molecule has 0 aromatic heterocycles. The Bertz CT molecular complexity index is 451. The fourth-order valence-corrected chi connectivity index (χ4v) is 2.26. The topological polar surface area (TPSA) is 32.3 Å². The first-order valence-corrected chi connectivity index (χ1v) is 6.13. The Kier molecular flexibility index (Phi) is 3.04. The summed E-state index contributed by atoms with van der Waals surface area (Å²) in [5, 5.41) is 3.54. The van der Waals surface area contributed by atoms with Gasteiger partial charge in [0.15, 0.2) is 0 Å². The third kappa shape index (κ3) is 2.55. The molecule has 1 heterocycles. The van der Waals surface area contributed by atoms with Crippen LogP contribution in [0.15, 0.2) is 18.2 Å². The predicted octanol–water partition coefficient (Wildman–Crippen LogP) is 3.29. The zero-order valence-electron chi connectivity index (χ0n) is 10.4. The maximum absolute atomic E-state index is 11.6. The Hall–Kier alpha value is -1.22. The molecule has 1 aliphatic rings. The van der Waals surface area contributed by atoms with Gasteiger partial charge in [-0.15, -0.1) is 0 Å². The zero-order chi connectivity index (χ0) is 12.6. The number of amides is 1. The summed E-state index contributed by atoms with van der Waals surface area (Å²) in [5.74, 6) is 0.0419. The van der Waals surface area contributed by atoms with Crippen LogP contribution in [0, 0.1) is 0 Å². The van der Waals surface area contributed by atoms with E-state index in [2.05, 4.69) is 31.0 Å². The smallest absolute Gasteiger partial charge is 0.226 e. The number of carbonyl (C=O) groups excluding carboxylic acids is 1. The van der Waals surface area contributed by atoms with Crippen molar-refractivity contribution in [2.24, 2.45) is 0 Å². The van der Waals surface area contributed by atoms with Gasteiger partial charge >= 0.3 is 0 Å². The fourth-order valence-electron chi connectivity index (χ4n) is 2.09. The summed E-state index contributed by atoms with van der Waals surface area (Å²) >= 11 is 5.97. The molecule has 1 aromatic rings. The van der Waals surface area contributed by atoms with Crippen LogP contribution in [0.5, 0.6) is 0 Å². The van der Waals surface area contributed by atoms with Crippen LogP contribution in [0.4, 0.5) is 11.4 Å². The minimum atomic E-state index is -0.0190. The molecule has 0 atom stereocenters.